The first-order valence-electron chi connectivity index (χ1n) is 4.65. The van der Waals surface area contributed by atoms with E-state index in [1.54, 1.807) is 11.3 Å². The number of hydrogen-bond acceptors (Lipinski definition) is 4. The van der Waals surface area contributed by atoms with Crippen molar-refractivity contribution in [1.82, 2.24) is 0 Å². The van der Waals surface area contributed by atoms with Crippen molar-refractivity contribution in [3.8, 4) is 0 Å². The molecule has 1 aromatic rings. The van der Waals surface area contributed by atoms with Crippen LogP contribution in [0.25, 0.3) is 0 Å². The molecule has 0 fully saturated rings. The number of hydrogen-bond donors (Lipinski definition) is 0. The maximum atomic E-state index is 11.5. The maximum Gasteiger partial charge on any atom is 0.157 e. The molecular weight excluding hydrogens is 232 g/mol. The van der Waals surface area contributed by atoms with E-state index in [9.17, 15) is 13.2 Å². The highest BCUT2D eigenvalue weighted by atomic mass is 32.2. The maximum absolute atomic E-state index is 11.5. The first-order valence-corrected chi connectivity index (χ1v) is 7.48. The van der Waals surface area contributed by atoms with E-state index in [-0.39, 0.29) is 5.78 Å². The van der Waals surface area contributed by atoms with Gasteiger partial charge in [0.15, 0.2) is 15.6 Å². The van der Waals surface area contributed by atoms with E-state index in [0.717, 1.165) is 11.1 Å². The van der Waals surface area contributed by atoms with Crippen LogP contribution >= 0.6 is 11.3 Å². The number of Topliss-reactive ketones (excluding diaryl/α,β-unsaturated/α-hetero) is 1. The Balaban J connectivity index is 2.50. The van der Waals surface area contributed by atoms with Gasteiger partial charge in [-0.1, -0.05) is 6.07 Å². The molecule has 1 aromatic heterocycles. The molecule has 0 aromatic carbocycles. The lowest BCUT2D eigenvalue weighted by atomic mass is 10.1. The molecule has 0 spiro atoms. The lowest BCUT2D eigenvalue weighted by Crippen LogP contribution is -2.26. The molecule has 0 N–H and O–H groups in total. The molecule has 0 aliphatic carbocycles. The van der Waals surface area contributed by atoms with Crippen LogP contribution in [0.4, 0.5) is 0 Å². The van der Waals surface area contributed by atoms with Crippen LogP contribution in [0.1, 0.15) is 18.2 Å². The summed E-state index contributed by atoms with van der Waals surface area (Å²) in [6.07, 6.45) is 2.03. The Kier molecular flexibility index (Phi) is 4.04. The fourth-order valence-corrected chi connectivity index (χ4v) is 2.45. The zero-order chi connectivity index (χ0) is 11.5. The van der Waals surface area contributed by atoms with Crippen LogP contribution in [-0.4, -0.2) is 25.7 Å². The number of ketones is 1. The molecule has 0 radical (unpaired) electrons. The molecule has 0 aliphatic heterocycles. The lowest BCUT2D eigenvalue weighted by Gasteiger charge is -2.06. The van der Waals surface area contributed by atoms with E-state index < -0.39 is 15.1 Å². The highest BCUT2D eigenvalue weighted by Gasteiger charge is 2.22. The van der Waals surface area contributed by atoms with Gasteiger partial charge >= 0.3 is 0 Å². The van der Waals surface area contributed by atoms with Gasteiger partial charge in [0.25, 0.3) is 0 Å². The summed E-state index contributed by atoms with van der Waals surface area (Å²) in [5.74, 6) is -0.203. The lowest BCUT2D eigenvalue weighted by molar-refractivity contribution is -0.118. The van der Waals surface area contributed by atoms with E-state index in [1.165, 1.54) is 6.92 Å². The van der Waals surface area contributed by atoms with Gasteiger partial charge in [0.05, 0.1) is 0 Å². The third-order valence-corrected chi connectivity index (χ3v) is 4.78. The Bertz CT molecular complexity index is 418. The first-order chi connectivity index (χ1) is 6.91. The minimum absolute atomic E-state index is 0.203. The van der Waals surface area contributed by atoms with E-state index in [4.69, 9.17) is 0 Å². The van der Waals surface area contributed by atoms with Gasteiger partial charge in [0.2, 0.25) is 0 Å². The van der Waals surface area contributed by atoms with Gasteiger partial charge in [-0.05, 0) is 24.8 Å². The van der Waals surface area contributed by atoms with Gasteiger partial charge in [0, 0.05) is 17.6 Å². The predicted molar refractivity (Wildman–Crippen MR) is 62.0 cm³/mol. The molecule has 1 rings (SSSR count). The summed E-state index contributed by atoms with van der Waals surface area (Å²) in [7, 11) is -3.24. The molecule has 5 heteroatoms. The molecule has 3 nitrogen and oxygen atoms in total. The standard InChI is InChI=1S/C10H14O3S2/c1-8(15(2,12)13)10(11)6-5-9-4-3-7-14-9/h3-4,7-8H,5-6H2,1-2H3. The van der Waals surface area contributed by atoms with Crippen LogP contribution in [0.3, 0.4) is 0 Å². The van der Waals surface area contributed by atoms with Crippen molar-refractivity contribution >= 4 is 27.0 Å². The van der Waals surface area contributed by atoms with Crippen LogP contribution in [0.15, 0.2) is 17.5 Å². The minimum Gasteiger partial charge on any atom is -0.298 e. The predicted octanol–water partition coefficient (Wildman–Crippen LogP) is 1.68. The Morgan fingerprint density at radius 1 is 1.53 bits per heavy atom. The Labute approximate surface area is 94.0 Å². The second-order valence-electron chi connectivity index (χ2n) is 3.52. The summed E-state index contributed by atoms with van der Waals surface area (Å²) in [5.41, 5.74) is 0. The van der Waals surface area contributed by atoms with Gasteiger partial charge in [-0.25, -0.2) is 8.42 Å². The van der Waals surface area contributed by atoms with Crippen molar-refractivity contribution in [3.63, 3.8) is 0 Å². The fraction of sp³-hybridized carbons (Fsp3) is 0.500. The van der Waals surface area contributed by atoms with Gasteiger partial charge < -0.3 is 0 Å². The highest BCUT2D eigenvalue weighted by Crippen LogP contribution is 2.12. The summed E-state index contributed by atoms with van der Waals surface area (Å²) >= 11 is 1.58. The van der Waals surface area contributed by atoms with Gasteiger partial charge in [-0.2, -0.15) is 0 Å². The number of sulfone groups is 1. The number of aryl methyl sites for hydroxylation is 1. The second-order valence-corrected chi connectivity index (χ2v) is 6.92. The summed E-state index contributed by atoms with van der Waals surface area (Å²) in [4.78, 5) is 12.6. The summed E-state index contributed by atoms with van der Waals surface area (Å²) in [5, 5.41) is 1.07. The zero-order valence-corrected chi connectivity index (χ0v) is 10.4. The first kappa shape index (κ1) is 12.4. The quantitative estimate of drug-likeness (QED) is 0.794. The van der Waals surface area contributed by atoms with E-state index >= 15 is 0 Å². The summed E-state index contributed by atoms with van der Waals surface area (Å²) < 4.78 is 22.2. The molecule has 0 bridgehead atoms. The number of carbonyl (C=O) groups is 1. The fourth-order valence-electron chi connectivity index (χ4n) is 1.14. The topological polar surface area (TPSA) is 51.2 Å². The van der Waals surface area contributed by atoms with Crippen molar-refractivity contribution < 1.29 is 13.2 Å². The Morgan fingerprint density at radius 2 is 2.20 bits per heavy atom. The molecule has 0 saturated carbocycles. The normalized spacial score (nSPS) is 13.7. The number of carbonyl (C=O) groups excluding carboxylic acids is 1. The molecule has 1 unspecified atom stereocenters. The highest BCUT2D eigenvalue weighted by molar-refractivity contribution is 7.92. The third-order valence-electron chi connectivity index (χ3n) is 2.29. The van der Waals surface area contributed by atoms with E-state index in [2.05, 4.69) is 0 Å². The van der Waals surface area contributed by atoms with Gasteiger partial charge in [-0.15, -0.1) is 11.3 Å². The van der Waals surface area contributed by atoms with Crippen molar-refractivity contribution in [2.24, 2.45) is 0 Å². The van der Waals surface area contributed by atoms with Crippen LogP contribution < -0.4 is 0 Å². The van der Waals surface area contributed by atoms with Crippen LogP contribution in [0, 0.1) is 0 Å². The molecule has 0 saturated heterocycles. The van der Waals surface area contributed by atoms with Crippen LogP contribution in [-0.2, 0) is 21.1 Å². The van der Waals surface area contributed by atoms with Crippen molar-refractivity contribution in [2.45, 2.75) is 25.0 Å². The smallest absolute Gasteiger partial charge is 0.157 e. The second kappa shape index (κ2) is 4.90. The molecular formula is C10H14O3S2. The third kappa shape index (κ3) is 3.76. The van der Waals surface area contributed by atoms with Crippen molar-refractivity contribution in [1.29, 1.82) is 0 Å². The minimum atomic E-state index is -3.24. The number of thiophene rings is 1. The molecule has 84 valence electrons. The van der Waals surface area contributed by atoms with Crippen molar-refractivity contribution in [2.75, 3.05) is 6.26 Å². The number of rotatable bonds is 5. The molecule has 0 amide bonds. The SMILES string of the molecule is CC(C(=O)CCc1cccs1)S(C)(=O)=O. The van der Waals surface area contributed by atoms with Crippen molar-refractivity contribution in [3.05, 3.63) is 22.4 Å². The van der Waals surface area contributed by atoms with Gasteiger partial charge in [-0.3, -0.25) is 4.79 Å². The van der Waals surface area contributed by atoms with E-state index in [1.807, 2.05) is 17.5 Å². The van der Waals surface area contributed by atoms with Crippen LogP contribution in [0.2, 0.25) is 0 Å². The molecule has 0 aliphatic rings. The Morgan fingerprint density at radius 3 is 2.67 bits per heavy atom. The van der Waals surface area contributed by atoms with E-state index in [0.29, 0.717) is 12.8 Å². The largest absolute Gasteiger partial charge is 0.298 e. The Hall–Kier alpha value is -0.680. The summed E-state index contributed by atoms with van der Waals surface area (Å²) in [6, 6.07) is 3.87. The monoisotopic (exact) mass is 246 g/mol. The van der Waals surface area contributed by atoms with Crippen LogP contribution in [0.5, 0.6) is 0 Å². The average molecular weight is 246 g/mol. The average Bonchev–Trinajstić information content (AvgIpc) is 2.63. The summed E-state index contributed by atoms with van der Waals surface area (Å²) in [6.45, 7) is 1.45. The molecule has 15 heavy (non-hydrogen) atoms. The molecule has 1 heterocycles. The zero-order valence-electron chi connectivity index (χ0n) is 8.76. The van der Waals surface area contributed by atoms with Gasteiger partial charge in [0.1, 0.15) is 5.25 Å². The molecule has 1 atom stereocenters.